The van der Waals surface area contributed by atoms with Gasteiger partial charge in [0.05, 0.1) is 0 Å². The number of nitrogens with zero attached hydrogens (tertiary/aromatic N) is 4. The van der Waals surface area contributed by atoms with Crippen LogP contribution in [-0.4, -0.2) is 61.0 Å². The molecule has 0 aromatic carbocycles. The van der Waals surface area contributed by atoms with Crippen molar-refractivity contribution < 1.29 is 4.79 Å². The molecule has 1 aromatic heterocycles. The van der Waals surface area contributed by atoms with Gasteiger partial charge in [0.25, 0.3) is 0 Å². The van der Waals surface area contributed by atoms with Crippen LogP contribution in [0, 0.1) is 5.92 Å². The Balaban J connectivity index is 0.00000289. The van der Waals surface area contributed by atoms with E-state index in [-0.39, 0.29) is 35.9 Å². The zero-order chi connectivity index (χ0) is 21.5. The number of piperidine rings is 1. The summed E-state index contributed by atoms with van der Waals surface area (Å²) in [5.41, 5.74) is 1.21. The lowest BCUT2D eigenvalue weighted by atomic mass is 9.88. The third kappa shape index (κ3) is 6.71. The average Bonchev–Trinajstić information content (AvgIpc) is 3.31. The van der Waals surface area contributed by atoms with E-state index in [0.29, 0.717) is 12.5 Å². The highest BCUT2D eigenvalue weighted by atomic mass is 127. The number of anilines is 1. The first-order chi connectivity index (χ1) is 15.2. The molecule has 1 aromatic rings. The van der Waals surface area contributed by atoms with E-state index in [1.807, 2.05) is 6.20 Å². The number of halogens is 1. The monoisotopic (exact) mass is 554 g/mol. The van der Waals surface area contributed by atoms with Gasteiger partial charge in [0.15, 0.2) is 5.96 Å². The number of guanidine groups is 1. The molecular formula is C24H39IN6O. The predicted molar refractivity (Wildman–Crippen MR) is 141 cm³/mol. The summed E-state index contributed by atoms with van der Waals surface area (Å²) >= 11 is 0. The number of hydrogen-bond donors (Lipinski definition) is 2. The topological polar surface area (TPSA) is 72.9 Å². The van der Waals surface area contributed by atoms with Crippen LogP contribution in [0.5, 0.6) is 0 Å². The van der Waals surface area contributed by atoms with Gasteiger partial charge in [-0.15, -0.1) is 24.0 Å². The number of carbonyl (C=O) groups is 1. The van der Waals surface area contributed by atoms with Gasteiger partial charge in [0, 0.05) is 57.9 Å². The summed E-state index contributed by atoms with van der Waals surface area (Å²) in [6, 6.07) is 4.51. The van der Waals surface area contributed by atoms with Crippen molar-refractivity contribution in [1.82, 2.24) is 20.5 Å². The fraction of sp³-hybridized carbons (Fsp3) is 0.708. The van der Waals surface area contributed by atoms with E-state index in [1.54, 1.807) is 7.05 Å². The zero-order valence-electron chi connectivity index (χ0n) is 19.4. The van der Waals surface area contributed by atoms with Crippen molar-refractivity contribution in [3.05, 3.63) is 23.9 Å². The standard InChI is InChI=1S/C24H38N6O.HI/c1-25-24(27-17-19-10-12-26-22(16-19)29-13-6-3-7-14-29)28-21-11-15-30(18-21)23(31)20-8-4-2-5-9-20;/h10,12,16,20-21H,2-9,11,13-15,17-18H2,1H3,(H2,25,27,28);1H. The van der Waals surface area contributed by atoms with Crippen LogP contribution in [0.1, 0.15) is 63.4 Å². The second-order valence-corrected chi connectivity index (χ2v) is 9.24. The van der Waals surface area contributed by atoms with Gasteiger partial charge in [0.2, 0.25) is 5.91 Å². The smallest absolute Gasteiger partial charge is 0.225 e. The number of amides is 1. The molecule has 3 aliphatic rings. The second kappa shape index (κ2) is 12.6. The van der Waals surface area contributed by atoms with Gasteiger partial charge in [-0.3, -0.25) is 9.79 Å². The fourth-order valence-corrected chi connectivity index (χ4v) is 5.13. The molecule has 1 amide bonds. The van der Waals surface area contributed by atoms with E-state index in [1.165, 1.54) is 44.1 Å². The van der Waals surface area contributed by atoms with E-state index < -0.39 is 0 Å². The maximum Gasteiger partial charge on any atom is 0.225 e. The van der Waals surface area contributed by atoms with E-state index in [4.69, 9.17) is 0 Å². The van der Waals surface area contributed by atoms with Gasteiger partial charge in [-0.25, -0.2) is 4.98 Å². The van der Waals surface area contributed by atoms with Crippen molar-refractivity contribution in [3.8, 4) is 0 Å². The highest BCUT2D eigenvalue weighted by Crippen LogP contribution is 2.26. The molecule has 32 heavy (non-hydrogen) atoms. The molecule has 0 radical (unpaired) electrons. The molecule has 8 heteroatoms. The summed E-state index contributed by atoms with van der Waals surface area (Å²) in [6.45, 7) is 4.55. The fourth-order valence-electron chi connectivity index (χ4n) is 5.13. The number of aliphatic imine (C=N–C) groups is 1. The van der Waals surface area contributed by atoms with Crippen molar-refractivity contribution in [2.24, 2.45) is 10.9 Å². The zero-order valence-corrected chi connectivity index (χ0v) is 21.7. The van der Waals surface area contributed by atoms with Crippen LogP contribution in [-0.2, 0) is 11.3 Å². The molecule has 4 rings (SSSR count). The van der Waals surface area contributed by atoms with Gasteiger partial charge in [0.1, 0.15) is 5.82 Å². The molecule has 2 N–H and O–H groups in total. The second-order valence-electron chi connectivity index (χ2n) is 9.24. The van der Waals surface area contributed by atoms with Crippen molar-refractivity contribution in [2.75, 3.05) is 38.1 Å². The van der Waals surface area contributed by atoms with Crippen LogP contribution in [0.3, 0.4) is 0 Å². The molecule has 3 fully saturated rings. The molecule has 7 nitrogen and oxygen atoms in total. The quantitative estimate of drug-likeness (QED) is 0.331. The van der Waals surface area contributed by atoms with Crippen LogP contribution in [0.15, 0.2) is 23.3 Å². The van der Waals surface area contributed by atoms with Crippen LogP contribution in [0.2, 0.25) is 0 Å². The molecule has 2 aliphatic heterocycles. The predicted octanol–water partition coefficient (Wildman–Crippen LogP) is 3.54. The van der Waals surface area contributed by atoms with Gasteiger partial charge in [-0.2, -0.15) is 0 Å². The van der Waals surface area contributed by atoms with Crippen molar-refractivity contribution >= 4 is 41.7 Å². The summed E-state index contributed by atoms with van der Waals surface area (Å²) in [5.74, 6) is 2.50. The highest BCUT2D eigenvalue weighted by Gasteiger charge is 2.31. The minimum Gasteiger partial charge on any atom is -0.357 e. The minimum atomic E-state index is 0. The Morgan fingerprint density at radius 1 is 1.09 bits per heavy atom. The number of likely N-dealkylation sites (tertiary alicyclic amines) is 1. The lowest BCUT2D eigenvalue weighted by Gasteiger charge is -2.28. The molecule has 0 spiro atoms. The first-order valence-electron chi connectivity index (χ1n) is 12.2. The largest absolute Gasteiger partial charge is 0.357 e. The van der Waals surface area contributed by atoms with Gasteiger partial charge in [-0.05, 0) is 56.2 Å². The molecule has 1 aliphatic carbocycles. The summed E-state index contributed by atoms with van der Waals surface area (Å²) < 4.78 is 0. The minimum absolute atomic E-state index is 0. The summed E-state index contributed by atoms with van der Waals surface area (Å²) in [7, 11) is 1.81. The average molecular weight is 555 g/mol. The number of nitrogens with one attached hydrogen (secondary N) is 2. The number of pyridine rings is 1. The normalized spacial score (nSPS) is 22.4. The molecule has 3 heterocycles. The Morgan fingerprint density at radius 3 is 2.59 bits per heavy atom. The molecular weight excluding hydrogens is 515 g/mol. The van der Waals surface area contributed by atoms with Crippen LogP contribution in [0.4, 0.5) is 5.82 Å². The molecule has 1 saturated carbocycles. The van der Waals surface area contributed by atoms with Crippen molar-refractivity contribution in [3.63, 3.8) is 0 Å². The lowest BCUT2D eigenvalue weighted by Crippen LogP contribution is -2.45. The van der Waals surface area contributed by atoms with E-state index >= 15 is 0 Å². The van der Waals surface area contributed by atoms with Crippen LogP contribution >= 0.6 is 24.0 Å². The SMILES string of the molecule is CN=C(NCc1ccnc(N2CCCCC2)c1)NC1CCN(C(=O)C2CCCCC2)C1.I. The molecule has 1 unspecified atom stereocenters. The van der Waals surface area contributed by atoms with Crippen LogP contribution < -0.4 is 15.5 Å². The highest BCUT2D eigenvalue weighted by molar-refractivity contribution is 14.0. The summed E-state index contributed by atoms with van der Waals surface area (Å²) in [6.07, 6.45) is 12.6. The van der Waals surface area contributed by atoms with Gasteiger partial charge < -0.3 is 20.4 Å². The van der Waals surface area contributed by atoms with Crippen LogP contribution in [0.25, 0.3) is 0 Å². The van der Waals surface area contributed by atoms with E-state index in [9.17, 15) is 4.79 Å². The van der Waals surface area contributed by atoms with Crippen molar-refractivity contribution in [1.29, 1.82) is 0 Å². The first kappa shape index (κ1) is 25.1. The Labute approximate surface area is 209 Å². The Kier molecular flexibility index (Phi) is 9.87. The summed E-state index contributed by atoms with van der Waals surface area (Å²) in [4.78, 5) is 26.2. The third-order valence-corrected chi connectivity index (χ3v) is 6.97. The Morgan fingerprint density at radius 2 is 1.84 bits per heavy atom. The number of rotatable bonds is 5. The number of aromatic nitrogens is 1. The molecule has 0 bridgehead atoms. The van der Waals surface area contributed by atoms with E-state index in [0.717, 1.165) is 57.2 Å². The Bertz CT molecular complexity index is 761. The third-order valence-electron chi connectivity index (χ3n) is 6.97. The first-order valence-corrected chi connectivity index (χ1v) is 12.2. The Hall–Kier alpha value is -1.58. The lowest BCUT2D eigenvalue weighted by molar-refractivity contribution is -0.135. The molecule has 1 atom stereocenters. The number of hydrogen-bond acceptors (Lipinski definition) is 4. The van der Waals surface area contributed by atoms with Gasteiger partial charge in [-0.1, -0.05) is 19.3 Å². The number of carbonyl (C=O) groups excluding carboxylic acids is 1. The summed E-state index contributed by atoms with van der Waals surface area (Å²) in [5, 5.41) is 6.96. The van der Waals surface area contributed by atoms with Crippen molar-refractivity contribution in [2.45, 2.75) is 70.4 Å². The maximum absolute atomic E-state index is 12.8. The maximum atomic E-state index is 12.8. The molecule has 2 saturated heterocycles. The van der Waals surface area contributed by atoms with E-state index in [2.05, 4.69) is 42.5 Å². The van der Waals surface area contributed by atoms with Gasteiger partial charge >= 0.3 is 0 Å². The molecule has 178 valence electrons.